The van der Waals surface area contributed by atoms with Crippen LogP contribution < -0.4 is 9.47 Å². The maximum atomic E-state index is 6.36. The summed E-state index contributed by atoms with van der Waals surface area (Å²) in [5.74, 6) is 3.29. The fraction of sp³-hybridized carbons (Fsp3) is 0.550. The first-order valence-corrected chi connectivity index (χ1v) is 17.3. The second-order valence-electron chi connectivity index (χ2n) is 13.0. The van der Waals surface area contributed by atoms with E-state index >= 15 is 0 Å². The van der Waals surface area contributed by atoms with E-state index in [0.29, 0.717) is 11.8 Å². The minimum atomic E-state index is 0.629. The maximum absolute atomic E-state index is 6.36. The Hall–Kier alpha value is -2.74. The van der Waals surface area contributed by atoms with Gasteiger partial charge in [0.05, 0.1) is 6.61 Å². The summed E-state index contributed by atoms with van der Waals surface area (Å²) in [5.41, 5.74) is 5.92. The summed E-state index contributed by atoms with van der Waals surface area (Å²) in [5, 5.41) is 0. The Morgan fingerprint density at radius 1 is 0.667 bits per heavy atom. The molecule has 0 saturated heterocycles. The van der Waals surface area contributed by atoms with Gasteiger partial charge in [-0.25, -0.2) is 0 Å². The lowest BCUT2D eigenvalue weighted by molar-refractivity contribution is 0.237. The molecule has 0 N–H and O–H groups in total. The molecule has 2 nitrogen and oxygen atoms in total. The van der Waals surface area contributed by atoms with Crippen LogP contribution in [0.3, 0.4) is 0 Å². The molecule has 1 aromatic rings. The highest BCUT2D eigenvalue weighted by molar-refractivity contribution is 5.39. The van der Waals surface area contributed by atoms with Crippen molar-refractivity contribution >= 4 is 0 Å². The zero-order valence-corrected chi connectivity index (χ0v) is 26.0. The largest absolute Gasteiger partial charge is 0.493 e. The summed E-state index contributed by atoms with van der Waals surface area (Å²) in [6.07, 6.45) is 43.6. The van der Waals surface area contributed by atoms with Crippen LogP contribution in [-0.2, 0) is 6.42 Å². The summed E-state index contributed by atoms with van der Waals surface area (Å²) in [7, 11) is 0. The minimum Gasteiger partial charge on any atom is -0.493 e. The number of hydrogen-bond acceptors (Lipinski definition) is 2. The topological polar surface area (TPSA) is 18.5 Å². The Labute approximate surface area is 256 Å². The number of hydrogen-bond donors (Lipinski definition) is 0. The minimum absolute atomic E-state index is 0.629. The normalized spacial score (nSPS) is 22.0. The second-order valence-corrected chi connectivity index (χ2v) is 13.0. The number of allylic oxidation sites excluding steroid dienone is 11. The molecule has 1 aromatic carbocycles. The van der Waals surface area contributed by atoms with E-state index in [1.54, 1.807) is 11.1 Å². The second kappa shape index (κ2) is 17.4. The van der Waals surface area contributed by atoms with Gasteiger partial charge >= 0.3 is 0 Å². The van der Waals surface area contributed by atoms with Crippen molar-refractivity contribution in [1.29, 1.82) is 0 Å². The van der Waals surface area contributed by atoms with Crippen LogP contribution in [0, 0.1) is 11.8 Å². The molecule has 4 aliphatic carbocycles. The molecule has 0 bridgehead atoms. The van der Waals surface area contributed by atoms with Gasteiger partial charge in [0.15, 0.2) is 0 Å². The fourth-order valence-electron chi connectivity index (χ4n) is 6.81. The molecule has 42 heavy (non-hydrogen) atoms. The van der Waals surface area contributed by atoms with E-state index in [1.807, 2.05) is 0 Å². The van der Waals surface area contributed by atoms with Crippen LogP contribution in [0.25, 0.3) is 0 Å². The first-order valence-electron chi connectivity index (χ1n) is 17.3. The van der Waals surface area contributed by atoms with Gasteiger partial charge in [0, 0.05) is 6.07 Å². The third kappa shape index (κ3) is 10.8. The average Bonchev–Trinajstić information content (AvgIpc) is 3.05. The van der Waals surface area contributed by atoms with Crippen LogP contribution in [-0.4, -0.2) is 13.2 Å². The van der Waals surface area contributed by atoms with Crippen LogP contribution in [0.4, 0.5) is 0 Å². The van der Waals surface area contributed by atoms with E-state index in [9.17, 15) is 0 Å². The van der Waals surface area contributed by atoms with Crippen LogP contribution in [0.1, 0.15) is 115 Å². The van der Waals surface area contributed by atoms with Gasteiger partial charge in [-0.05, 0) is 144 Å². The molecule has 2 unspecified atom stereocenters. The van der Waals surface area contributed by atoms with Gasteiger partial charge < -0.3 is 9.47 Å². The highest BCUT2D eigenvalue weighted by Crippen LogP contribution is 2.29. The zero-order valence-electron chi connectivity index (χ0n) is 26.0. The lowest BCUT2D eigenvalue weighted by atomic mass is 9.89. The number of rotatable bonds is 16. The zero-order chi connectivity index (χ0) is 28.7. The van der Waals surface area contributed by atoms with Crippen molar-refractivity contribution in [3.05, 3.63) is 95.2 Å². The van der Waals surface area contributed by atoms with E-state index in [-0.39, 0.29) is 0 Å². The Morgan fingerprint density at radius 2 is 1.52 bits per heavy atom. The monoisotopic (exact) mass is 566 g/mol. The van der Waals surface area contributed by atoms with Gasteiger partial charge in [0.25, 0.3) is 0 Å². The first kappa shape index (κ1) is 30.7. The van der Waals surface area contributed by atoms with Gasteiger partial charge in [-0.2, -0.15) is 0 Å². The lowest BCUT2D eigenvalue weighted by Crippen LogP contribution is -2.13. The third-order valence-corrected chi connectivity index (χ3v) is 9.38. The molecule has 0 radical (unpaired) electrons. The van der Waals surface area contributed by atoms with Crippen LogP contribution in [0.2, 0.25) is 0 Å². The predicted octanol–water partition coefficient (Wildman–Crippen LogP) is 11.4. The van der Waals surface area contributed by atoms with Crippen molar-refractivity contribution in [3.63, 3.8) is 0 Å². The van der Waals surface area contributed by atoms with Crippen LogP contribution >= 0.6 is 0 Å². The lowest BCUT2D eigenvalue weighted by Gasteiger charge is -2.20. The molecule has 0 heterocycles. The molecule has 0 spiro atoms. The molecule has 0 saturated carbocycles. The predicted molar refractivity (Wildman–Crippen MR) is 178 cm³/mol. The van der Waals surface area contributed by atoms with Crippen molar-refractivity contribution in [2.75, 3.05) is 13.2 Å². The molecule has 2 heteroatoms. The molecule has 4 aliphatic rings. The maximum Gasteiger partial charge on any atom is 0.123 e. The van der Waals surface area contributed by atoms with Crippen molar-refractivity contribution in [3.8, 4) is 11.5 Å². The number of benzene rings is 1. The fourth-order valence-corrected chi connectivity index (χ4v) is 6.81. The highest BCUT2D eigenvalue weighted by atomic mass is 16.5. The molecule has 0 aromatic heterocycles. The van der Waals surface area contributed by atoms with Gasteiger partial charge in [0.2, 0.25) is 0 Å². The van der Waals surface area contributed by atoms with Gasteiger partial charge in [-0.1, -0.05) is 72.3 Å². The van der Waals surface area contributed by atoms with E-state index in [4.69, 9.17) is 9.47 Å². The van der Waals surface area contributed by atoms with Crippen LogP contribution in [0.5, 0.6) is 11.5 Å². The Morgan fingerprint density at radius 3 is 2.33 bits per heavy atom. The summed E-state index contributed by atoms with van der Waals surface area (Å²) < 4.78 is 12.7. The summed E-state index contributed by atoms with van der Waals surface area (Å²) in [6.45, 7) is 1.52. The summed E-state index contributed by atoms with van der Waals surface area (Å²) >= 11 is 0. The average molecular weight is 567 g/mol. The van der Waals surface area contributed by atoms with Gasteiger partial charge in [-0.3, -0.25) is 0 Å². The molecule has 5 rings (SSSR count). The number of unbranched alkanes of at least 4 members (excludes halogenated alkanes) is 2. The van der Waals surface area contributed by atoms with Crippen LogP contribution in [0.15, 0.2) is 89.6 Å². The van der Waals surface area contributed by atoms with E-state index < -0.39 is 0 Å². The van der Waals surface area contributed by atoms with Crippen molar-refractivity contribution in [2.24, 2.45) is 11.8 Å². The molecule has 0 aliphatic heterocycles. The molecule has 226 valence electrons. The Balaban J connectivity index is 1.07. The van der Waals surface area contributed by atoms with Crippen molar-refractivity contribution in [2.45, 2.75) is 116 Å². The summed E-state index contributed by atoms with van der Waals surface area (Å²) in [4.78, 5) is 0. The molecule has 2 atom stereocenters. The molecule has 0 amide bonds. The Bertz CT molecular complexity index is 1160. The standard InChI is InChI=1S/C40H54O2/c1-4-15-33(16-5-1)17-10-11-18-34-25-14-26-35(27-34)19-12-13-24-38-28-39(41-31-36-20-6-2-7-21-36)30-40(29-38)42-32-37-22-8-3-9-23-37/h2,4,6,14-16,22,25,27-30,35-36H,1,3,5,7-13,17-21,23-24,26,31-32H2. The SMILES string of the molecule is C1=CC(CCCCC2=CC(CCCCc3cc(OCC4=CCCCC4)cc(OCC4CC=CCC4)c3)CC=C2)=CCC1. The Kier molecular flexibility index (Phi) is 12.7. The summed E-state index contributed by atoms with van der Waals surface area (Å²) in [6, 6.07) is 6.65. The quantitative estimate of drug-likeness (QED) is 0.146. The molecule has 0 fully saturated rings. The van der Waals surface area contributed by atoms with E-state index in [1.165, 1.54) is 114 Å². The van der Waals surface area contributed by atoms with Crippen molar-refractivity contribution < 1.29 is 9.47 Å². The molecular formula is C40H54O2. The number of ether oxygens (including phenoxy) is 2. The number of aryl methyl sites for hydroxylation is 1. The smallest absolute Gasteiger partial charge is 0.123 e. The van der Waals surface area contributed by atoms with Gasteiger partial charge in [-0.15, -0.1) is 0 Å². The van der Waals surface area contributed by atoms with Gasteiger partial charge in [0.1, 0.15) is 18.1 Å². The van der Waals surface area contributed by atoms with Crippen molar-refractivity contribution in [1.82, 2.24) is 0 Å². The molecular weight excluding hydrogens is 512 g/mol. The first-order chi connectivity index (χ1) is 20.8. The van der Waals surface area contributed by atoms with E-state index in [0.717, 1.165) is 37.6 Å². The third-order valence-electron chi connectivity index (χ3n) is 9.38. The highest BCUT2D eigenvalue weighted by Gasteiger charge is 2.13. The van der Waals surface area contributed by atoms with E-state index in [2.05, 4.69) is 72.9 Å².